The van der Waals surface area contributed by atoms with E-state index in [9.17, 15) is 8.78 Å². The van der Waals surface area contributed by atoms with E-state index in [0.29, 0.717) is 27.8 Å². The summed E-state index contributed by atoms with van der Waals surface area (Å²) >= 11 is 6.01. The smallest absolute Gasteiger partial charge is 0.143 e. The second-order valence-corrected chi connectivity index (χ2v) is 4.68. The minimum atomic E-state index is -0.609. The van der Waals surface area contributed by atoms with Gasteiger partial charge in [-0.3, -0.25) is 0 Å². The van der Waals surface area contributed by atoms with Crippen molar-refractivity contribution in [2.24, 2.45) is 0 Å². The lowest BCUT2D eigenvalue weighted by molar-refractivity contribution is 0.404. The van der Waals surface area contributed by atoms with Crippen molar-refractivity contribution in [3.63, 3.8) is 0 Å². The molecule has 0 heterocycles. The summed E-state index contributed by atoms with van der Waals surface area (Å²) in [5.74, 6) is -0.243. The summed E-state index contributed by atoms with van der Waals surface area (Å²) in [4.78, 5) is 0. The first-order chi connectivity index (χ1) is 10.0. The topological polar surface area (TPSA) is 30.5 Å². The van der Waals surface area contributed by atoms with Crippen LogP contribution in [0, 0.1) is 11.6 Å². The first-order valence-corrected chi connectivity index (χ1v) is 6.52. The average Bonchev–Trinajstić information content (AvgIpc) is 2.47. The molecule has 1 N–H and O–H groups in total. The third-order valence-corrected chi connectivity index (χ3v) is 3.25. The number of hydrogen-bond donors (Lipinski definition) is 1. The van der Waals surface area contributed by atoms with Gasteiger partial charge in [-0.25, -0.2) is 8.78 Å². The number of benzene rings is 2. The summed E-state index contributed by atoms with van der Waals surface area (Å²) < 4.78 is 36.8. The molecule has 0 amide bonds. The predicted octanol–water partition coefficient (Wildman–Crippen LogP) is 4.25. The maximum atomic E-state index is 13.6. The van der Waals surface area contributed by atoms with Crippen molar-refractivity contribution in [2.45, 2.75) is 6.54 Å². The fourth-order valence-electron chi connectivity index (χ4n) is 1.85. The van der Waals surface area contributed by atoms with Crippen LogP contribution in [-0.4, -0.2) is 14.2 Å². The highest BCUT2D eigenvalue weighted by molar-refractivity contribution is 6.32. The highest BCUT2D eigenvalue weighted by atomic mass is 35.5. The van der Waals surface area contributed by atoms with Crippen LogP contribution in [-0.2, 0) is 6.54 Å². The van der Waals surface area contributed by atoms with E-state index in [4.69, 9.17) is 21.1 Å². The van der Waals surface area contributed by atoms with Gasteiger partial charge in [0, 0.05) is 30.3 Å². The molecule has 0 aliphatic rings. The number of methoxy groups -OCH3 is 2. The highest BCUT2D eigenvalue weighted by Gasteiger charge is 2.11. The first kappa shape index (κ1) is 15.4. The minimum absolute atomic E-state index is 0.174. The molecule has 0 aliphatic heterocycles. The molecule has 0 fully saturated rings. The van der Waals surface area contributed by atoms with Gasteiger partial charge in [0.1, 0.15) is 23.1 Å². The molecule has 21 heavy (non-hydrogen) atoms. The monoisotopic (exact) mass is 313 g/mol. The Kier molecular flexibility index (Phi) is 4.85. The molecule has 2 aromatic carbocycles. The number of halogens is 3. The Morgan fingerprint density at radius 2 is 1.76 bits per heavy atom. The molecule has 0 saturated heterocycles. The second-order valence-electron chi connectivity index (χ2n) is 4.28. The van der Waals surface area contributed by atoms with Crippen molar-refractivity contribution in [2.75, 3.05) is 19.5 Å². The molecule has 0 saturated carbocycles. The molecule has 0 aliphatic carbocycles. The lowest BCUT2D eigenvalue weighted by atomic mass is 10.2. The van der Waals surface area contributed by atoms with Crippen molar-refractivity contribution < 1.29 is 18.3 Å². The third-order valence-electron chi connectivity index (χ3n) is 2.96. The number of hydrogen-bond acceptors (Lipinski definition) is 3. The summed E-state index contributed by atoms with van der Waals surface area (Å²) in [6.45, 7) is 0.174. The molecule has 2 rings (SSSR count). The van der Waals surface area contributed by atoms with Gasteiger partial charge < -0.3 is 14.8 Å². The van der Waals surface area contributed by atoms with Crippen molar-refractivity contribution in [3.8, 4) is 11.5 Å². The van der Waals surface area contributed by atoms with E-state index in [1.54, 1.807) is 12.1 Å². The molecular weight excluding hydrogens is 300 g/mol. The van der Waals surface area contributed by atoms with Crippen LogP contribution < -0.4 is 14.8 Å². The standard InChI is InChI=1S/C15H14ClF2NO2/c1-20-14-7-13(15(21-2)6-11(14)16)19-8-9-3-4-10(17)5-12(9)18/h3-7,19H,8H2,1-2H3. The van der Waals surface area contributed by atoms with Gasteiger partial charge in [0.2, 0.25) is 0 Å². The summed E-state index contributed by atoms with van der Waals surface area (Å²) in [5, 5.41) is 3.43. The summed E-state index contributed by atoms with van der Waals surface area (Å²) in [7, 11) is 3.00. The Balaban J connectivity index is 2.22. The molecule has 3 nitrogen and oxygen atoms in total. The quantitative estimate of drug-likeness (QED) is 0.895. The number of rotatable bonds is 5. The molecule has 0 aromatic heterocycles. The van der Waals surface area contributed by atoms with Gasteiger partial charge in [-0.05, 0) is 6.07 Å². The van der Waals surface area contributed by atoms with Crippen LogP contribution >= 0.6 is 11.6 Å². The minimum Gasteiger partial charge on any atom is -0.495 e. The highest BCUT2D eigenvalue weighted by Crippen LogP contribution is 2.36. The van der Waals surface area contributed by atoms with E-state index in [0.717, 1.165) is 6.07 Å². The number of anilines is 1. The van der Waals surface area contributed by atoms with Crippen LogP contribution in [0.3, 0.4) is 0 Å². The van der Waals surface area contributed by atoms with Crippen LogP contribution in [0.5, 0.6) is 11.5 Å². The maximum absolute atomic E-state index is 13.6. The Labute approximate surface area is 126 Å². The zero-order valence-corrected chi connectivity index (χ0v) is 12.3. The van der Waals surface area contributed by atoms with Crippen LogP contribution in [0.1, 0.15) is 5.56 Å². The fraction of sp³-hybridized carbons (Fsp3) is 0.200. The number of nitrogens with one attached hydrogen (secondary N) is 1. The largest absolute Gasteiger partial charge is 0.495 e. The van der Waals surface area contributed by atoms with E-state index >= 15 is 0 Å². The lowest BCUT2D eigenvalue weighted by Gasteiger charge is -2.14. The van der Waals surface area contributed by atoms with E-state index < -0.39 is 11.6 Å². The van der Waals surface area contributed by atoms with Crippen molar-refractivity contribution >= 4 is 17.3 Å². The fourth-order valence-corrected chi connectivity index (χ4v) is 2.08. The molecule has 0 spiro atoms. The average molecular weight is 314 g/mol. The normalized spacial score (nSPS) is 10.3. The van der Waals surface area contributed by atoms with Gasteiger partial charge in [-0.1, -0.05) is 17.7 Å². The summed E-state index contributed by atoms with van der Waals surface area (Å²) in [6.07, 6.45) is 0. The van der Waals surface area contributed by atoms with Crippen molar-refractivity contribution in [1.29, 1.82) is 0 Å². The zero-order chi connectivity index (χ0) is 15.4. The molecule has 0 radical (unpaired) electrons. The van der Waals surface area contributed by atoms with E-state index in [2.05, 4.69) is 5.32 Å². The van der Waals surface area contributed by atoms with E-state index in [1.165, 1.54) is 26.4 Å². The molecule has 0 bridgehead atoms. The Morgan fingerprint density at radius 1 is 1.05 bits per heavy atom. The van der Waals surface area contributed by atoms with Crippen LogP contribution in [0.25, 0.3) is 0 Å². The van der Waals surface area contributed by atoms with Crippen molar-refractivity contribution in [1.82, 2.24) is 0 Å². The predicted molar refractivity (Wildman–Crippen MR) is 78.2 cm³/mol. The third kappa shape index (κ3) is 3.55. The lowest BCUT2D eigenvalue weighted by Crippen LogP contribution is -2.04. The zero-order valence-electron chi connectivity index (χ0n) is 11.5. The summed E-state index contributed by atoms with van der Waals surface area (Å²) in [6, 6.07) is 6.69. The molecule has 0 atom stereocenters. The van der Waals surface area contributed by atoms with Gasteiger partial charge in [-0.2, -0.15) is 0 Å². The second kappa shape index (κ2) is 6.63. The van der Waals surface area contributed by atoms with Gasteiger partial charge in [0.05, 0.1) is 24.9 Å². The molecule has 2 aromatic rings. The molecule has 0 unspecified atom stereocenters. The summed E-state index contributed by atoms with van der Waals surface area (Å²) in [5.41, 5.74) is 0.940. The van der Waals surface area contributed by atoms with Gasteiger partial charge in [0.15, 0.2) is 0 Å². The van der Waals surface area contributed by atoms with Gasteiger partial charge >= 0.3 is 0 Å². The van der Waals surface area contributed by atoms with Crippen LogP contribution in [0.4, 0.5) is 14.5 Å². The van der Waals surface area contributed by atoms with E-state index in [-0.39, 0.29) is 6.54 Å². The SMILES string of the molecule is COc1cc(NCc2ccc(F)cc2F)c(OC)cc1Cl. The van der Waals surface area contributed by atoms with E-state index in [1.807, 2.05) is 0 Å². The molecular formula is C15H14ClF2NO2. The van der Waals surface area contributed by atoms with Crippen LogP contribution in [0.2, 0.25) is 5.02 Å². The Morgan fingerprint density at radius 3 is 2.38 bits per heavy atom. The first-order valence-electron chi connectivity index (χ1n) is 6.14. The van der Waals surface area contributed by atoms with Crippen molar-refractivity contribution in [3.05, 3.63) is 52.6 Å². The Hall–Kier alpha value is -2.01. The van der Waals surface area contributed by atoms with Gasteiger partial charge in [-0.15, -0.1) is 0 Å². The Bertz CT molecular complexity index is 650. The maximum Gasteiger partial charge on any atom is 0.143 e. The van der Waals surface area contributed by atoms with Gasteiger partial charge in [0.25, 0.3) is 0 Å². The molecule has 112 valence electrons. The molecule has 6 heteroatoms. The number of ether oxygens (including phenoxy) is 2. The van der Waals surface area contributed by atoms with Crippen LogP contribution in [0.15, 0.2) is 30.3 Å².